The number of esters is 1. The fourth-order valence-corrected chi connectivity index (χ4v) is 3.82. The average molecular weight is 450 g/mol. The van der Waals surface area contributed by atoms with Gasteiger partial charge in [-0.05, 0) is 16.7 Å². The van der Waals surface area contributed by atoms with Gasteiger partial charge in [-0.25, -0.2) is 9.59 Å². The molecule has 2 aromatic carbocycles. The van der Waals surface area contributed by atoms with Gasteiger partial charge in [0, 0.05) is 18.8 Å². The molecule has 8 heteroatoms. The molecule has 0 bridgehead atoms. The van der Waals surface area contributed by atoms with Gasteiger partial charge in [0.05, 0.1) is 19.7 Å². The van der Waals surface area contributed by atoms with Crippen LogP contribution in [0.15, 0.2) is 54.6 Å². The lowest BCUT2D eigenvalue weighted by Crippen LogP contribution is -2.56. The highest BCUT2D eigenvalue weighted by atomic mass is 16.6. The quantitative estimate of drug-likeness (QED) is 0.651. The van der Waals surface area contributed by atoms with E-state index >= 15 is 0 Å². The molecule has 3 rings (SSSR count). The van der Waals surface area contributed by atoms with Gasteiger partial charge in [-0.15, -0.1) is 0 Å². The summed E-state index contributed by atoms with van der Waals surface area (Å²) in [5.74, 6) is -1.59. The maximum Gasteiger partial charge on any atom is 0.411 e. The Morgan fingerprint density at radius 3 is 2.45 bits per heavy atom. The number of ether oxygens (including phenoxy) is 2. The second-order valence-corrected chi connectivity index (χ2v) is 8.01. The monoisotopic (exact) mass is 449 g/mol. The van der Waals surface area contributed by atoms with Crippen molar-refractivity contribution in [3.8, 4) is 6.07 Å². The molecule has 0 aliphatic carbocycles. The molecule has 8 nitrogen and oxygen atoms in total. The minimum Gasteiger partial charge on any atom is -0.467 e. The van der Waals surface area contributed by atoms with Crippen LogP contribution in [0.3, 0.4) is 0 Å². The molecule has 2 amide bonds. The van der Waals surface area contributed by atoms with Gasteiger partial charge >= 0.3 is 12.1 Å². The molecule has 172 valence electrons. The molecule has 33 heavy (non-hydrogen) atoms. The van der Waals surface area contributed by atoms with E-state index in [0.29, 0.717) is 0 Å². The molecule has 0 aromatic heterocycles. The van der Waals surface area contributed by atoms with Gasteiger partial charge in [0.25, 0.3) is 0 Å². The first kappa shape index (κ1) is 23.8. The zero-order valence-corrected chi connectivity index (χ0v) is 18.7. The third-order valence-electron chi connectivity index (χ3n) is 5.73. The van der Waals surface area contributed by atoms with Crippen LogP contribution in [0, 0.1) is 17.2 Å². The highest BCUT2D eigenvalue weighted by Crippen LogP contribution is 2.25. The maximum absolute atomic E-state index is 13.3. The van der Waals surface area contributed by atoms with Crippen LogP contribution < -0.4 is 5.32 Å². The Morgan fingerprint density at radius 1 is 1.12 bits per heavy atom. The van der Waals surface area contributed by atoms with Crippen LogP contribution in [-0.4, -0.2) is 42.1 Å². The Morgan fingerprint density at radius 2 is 1.79 bits per heavy atom. The van der Waals surface area contributed by atoms with Gasteiger partial charge in [-0.3, -0.25) is 9.69 Å². The summed E-state index contributed by atoms with van der Waals surface area (Å²) < 4.78 is 10.3. The molecule has 1 N–H and O–H groups in total. The van der Waals surface area contributed by atoms with Crippen molar-refractivity contribution in [3.63, 3.8) is 0 Å². The van der Waals surface area contributed by atoms with E-state index in [1.807, 2.05) is 60.7 Å². The van der Waals surface area contributed by atoms with E-state index in [1.165, 1.54) is 12.0 Å². The second kappa shape index (κ2) is 11.1. The summed E-state index contributed by atoms with van der Waals surface area (Å²) in [6.45, 7) is 1.97. The minimum absolute atomic E-state index is 0.0659. The van der Waals surface area contributed by atoms with Gasteiger partial charge in [0.1, 0.15) is 18.7 Å². The van der Waals surface area contributed by atoms with Crippen molar-refractivity contribution in [1.29, 1.82) is 5.26 Å². The first-order valence-corrected chi connectivity index (χ1v) is 10.7. The van der Waals surface area contributed by atoms with Gasteiger partial charge in [-0.1, -0.05) is 61.5 Å². The Balaban J connectivity index is 1.80. The zero-order valence-electron chi connectivity index (χ0n) is 18.7. The number of nitrogens with one attached hydrogen (secondary N) is 1. The lowest BCUT2D eigenvalue weighted by molar-refractivity contribution is -0.147. The van der Waals surface area contributed by atoms with Gasteiger partial charge in [-0.2, -0.15) is 5.26 Å². The van der Waals surface area contributed by atoms with E-state index in [1.54, 1.807) is 6.92 Å². The van der Waals surface area contributed by atoms with Crippen molar-refractivity contribution < 1.29 is 23.9 Å². The van der Waals surface area contributed by atoms with E-state index < -0.39 is 36.0 Å². The highest BCUT2D eigenvalue weighted by Gasteiger charge is 2.38. The van der Waals surface area contributed by atoms with Crippen LogP contribution in [-0.2, 0) is 38.6 Å². The number of benzene rings is 2. The van der Waals surface area contributed by atoms with Crippen molar-refractivity contribution in [2.75, 3.05) is 7.11 Å². The number of nitrogens with zero attached hydrogens (tertiary/aromatic N) is 2. The summed E-state index contributed by atoms with van der Waals surface area (Å²) in [4.78, 5) is 39.9. The predicted octanol–water partition coefficient (Wildman–Crippen LogP) is 2.96. The van der Waals surface area contributed by atoms with Crippen molar-refractivity contribution in [2.45, 2.75) is 45.0 Å². The molecule has 1 heterocycles. The first-order valence-electron chi connectivity index (χ1n) is 10.7. The van der Waals surface area contributed by atoms with Crippen molar-refractivity contribution in [2.24, 2.45) is 5.92 Å². The largest absolute Gasteiger partial charge is 0.467 e. The molecular formula is C25H27N3O5. The summed E-state index contributed by atoms with van der Waals surface area (Å²) in [5.41, 5.74) is 2.71. The lowest BCUT2D eigenvalue weighted by atomic mass is 9.92. The average Bonchev–Trinajstić information content (AvgIpc) is 2.85. The van der Waals surface area contributed by atoms with E-state index in [0.717, 1.165) is 16.7 Å². The molecule has 0 unspecified atom stereocenters. The van der Waals surface area contributed by atoms with Gasteiger partial charge in [0.15, 0.2) is 0 Å². The second-order valence-electron chi connectivity index (χ2n) is 8.01. The third kappa shape index (κ3) is 5.89. The van der Waals surface area contributed by atoms with Crippen molar-refractivity contribution >= 4 is 18.0 Å². The summed E-state index contributed by atoms with van der Waals surface area (Å²) >= 11 is 0. The SMILES string of the molecule is COC(=O)[C@@H](NC(=O)[C@@H]1Cc2ccccc2CN1C(=O)OCc1ccccc1)[C@H](C)CC#N. The Bertz CT molecular complexity index is 1030. The number of carbonyl (C=O) groups is 3. The summed E-state index contributed by atoms with van der Waals surface area (Å²) in [7, 11) is 1.23. The van der Waals surface area contributed by atoms with E-state index in [2.05, 4.69) is 5.32 Å². The van der Waals surface area contributed by atoms with Crippen LogP contribution in [0.1, 0.15) is 30.0 Å². The molecule has 1 aliphatic rings. The Kier molecular flexibility index (Phi) is 8.03. The van der Waals surface area contributed by atoms with Crippen molar-refractivity contribution in [1.82, 2.24) is 10.2 Å². The number of methoxy groups -OCH3 is 1. The maximum atomic E-state index is 13.3. The van der Waals surface area contributed by atoms with Crippen LogP contribution in [0.4, 0.5) is 4.79 Å². The number of nitriles is 1. The topological polar surface area (TPSA) is 109 Å². The molecule has 0 fully saturated rings. The van der Waals surface area contributed by atoms with E-state index in [4.69, 9.17) is 14.7 Å². The van der Waals surface area contributed by atoms with E-state index in [-0.39, 0.29) is 26.0 Å². The summed E-state index contributed by atoms with van der Waals surface area (Å²) in [6.07, 6.45) is -0.271. The van der Waals surface area contributed by atoms with Crippen LogP contribution in [0.5, 0.6) is 0 Å². The molecule has 0 saturated carbocycles. The van der Waals surface area contributed by atoms with Crippen LogP contribution in [0.25, 0.3) is 0 Å². The normalized spacial score (nSPS) is 16.5. The molecule has 0 radical (unpaired) electrons. The highest BCUT2D eigenvalue weighted by molar-refractivity contribution is 5.90. The number of hydrogen-bond acceptors (Lipinski definition) is 6. The minimum atomic E-state index is -0.999. The molecule has 2 aromatic rings. The van der Waals surface area contributed by atoms with Crippen LogP contribution in [0.2, 0.25) is 0 Å². The Hall–Kier alpha value is -3.86. The fourth-order valence-electron chi connectivity index (χ4n) is 3.82. The number of carbonyl (C=O) groups excluding carboxylic acids is 3. The lowest BCUT2D eigenvalue weighted by Gasteiger charge is -2.36. The smallest absolute Gasteiger partial charge is 0.411 e. The summed E-state index contributed by atoms with van der Waals surface area (Å²) in [6, 6.07) is 17.0. The predicted molar refractivity (Wildman–Crippen MR) is 119 cm³/mol. The van der Waals surface area contributed by atoms with E-state index in [9.17, 15) is 14.4 Å². The van der Waals surface area contributed by atoms with Gasteiger partial charge in [0.2, 0.25) is 5.91 Å². The molecule has 0 spiro atoms. The molecule has 0 saturated heterocycles. The standard InChI is InChI=1S/C25H27N3O5/c1-17(12-13-26)22(24(30)32-2)27-23(29)21-14-19-10-6-7-11-20(19)15-28(21)25(31)33-16-18-8-4-3-5-9-18/h3-11,17,21-22H,12,14-16H2,1-2H3,(H,27,29)/t17-,21+,22+/m1/s1. The van der Waals surface area contributed by atoms with Crippen molar-refractivity contribution in [3.05, 3.63) is 71.3 Å². The fraction of sp³-hybridized carbons (Fsp3) is 0.360. The number of fused-ring (bicyclic) bond motifs is 1. The summed E-state index contributed by atoms with van der Waals surface area (Å²) in [5, 5.41) is 11.7. The number of hydrogen-bond donors (Lipinski definition) is 1. The first-order chi connectivity index (χ1) is 15.9. The molecule has 3 atom stereocenters. The molecular weight excluding hydrogens is 422 g/mol. The number of amides is 2. The van der Waals surface area contributed by atoms with Gasteiger partial charge < -0.3 is 14.8 Å². The molecule has 1 aliphatic heterocycles. The zero-order chi connectivity index (χ0) is 23.8. The third-order valence-corrected chi connectivity index (χ3v) is 5.73. The number of rotatable bonds is 7. The van der Waals surface area contributed by atoms with Crippen LogP contribution >= 0.6 is 0 Å². The Labute approximate surface area is 193 Å².